The maximum Gasteiger partial charge on any atom is 0.385 e. The fourth-order valence-electron chi connectivity index (χ4n) is 3.98. The minimum atomic E-state index is -0.298. The van der Waals surface area contributed by atoms with Crippen LogP contribution in [0.15, 0.2) is 52.4 Å². The second-order valence-corrected chi connectivity index (χ2v) is 10.9. The van der Waals surface area contributed by atoms with Crippen LogP contribution in [0.5, 0.6) is 0 Å². The average molecular weight is 564 g/mol. The van der Waals surface area contributed by atoms with Crippen LogP contribution in [0.2, 0.25) is 0 Å². The lowest BCUT2D eigenvalue weighted by Crippen LogP contribution is -3.00. The summed E-state index contributed by atoms with van der Waals surface area (Å²) in [5.41, 5.74) is 1.56. The van der Waals surface area contributed by atoms with E-state index in [1.807, 2.05) is 61.8 Å². The first-order chi connectivity index (χ1) is 16.8. The maximum atomic E-state index is 13.7. The topological polar surface area (TPSA) is 61.8 Å². The lowest BCUT2D eigenvalue weighted by molar-refractivity contribution is -0.627. The Morgan fingerprint density at radius 2 is 1.89 bits per heavy atom. The summed E-state index contributed by atoms with van der Waals surface area (Å²) in [6.45, 7) is 4.70. The molecule has 2 aromatic heterocycles. The third-order valence-electron chi connectivity index (χ3n) is 5.82. The van der Waals surface area contributed by atoms with Crippen molar-refractivity contribution in [2.24, 2.45) is 12.0 Å². The lowest BCUT2D eigenvalue weighted by Gasteiger charge is -2.16. The summed E-state index contributed by atoms with van der Waals surface area (Å²) in [7, 11) is 3.77. The summed E-state index contributed by atoms with van der Waals surface area (Å²) in [5, 5.41) is 1.21. The van der Waals surface area contributed by atoms with Crippen LogP contribution in [-0.2, 0) is 18.4 Å². The lowest BCUT2D eigenvalue weighted by atomic mass is 10.3. The van der Waals surface area contributed by atoms with Crippen molar-refractivity contribution >= 4 is 71.5 Å². The van der Waals surface area contributed by atoms with E-state index in [1.54, 1.807) is 15.5 Å². The molecule has 1 saturated heterocycles. The van der Waals surface area contributed by atoms with E-state index in [0.717, 1.165) is 15.9 Å². The Balaban J connectivity index is 0.00000304. The molecular formula is C24H23ClFN5O2S3. The number of allylic oxidation sites excluding steroid dienone is 2. The molecule has 2 aliphatic heterocycles. The number of halogens is 2. The molecule has 0 unspecified atom stereocenters. The van der Waals surface area contributed by atoms with Gasteiger partial charge in [0.05, 0.1) is 17.4 Å². The number of likely N-dealkylation sites (N-methyl/N-ethyl adjacent to an activating group) is 1. The highest BCUT2D eigenvalue weighted by Gasteiger charge is 2.38. The van der Waals surface area contributed by atoms with Gasteiger partial charge in [0.1, 0.15) is 25.4 Å². The predicted octanol–water partition coefficient (Wildman–Crippen LogP) is -0.373. The summed E-state index contributed by atoms with van der Waals surface area (Å²) in [6.07, 6.45) is 7.60. The number of amidine groups is 1. The Bertz CT molecular complexity index is 1650. The van der Waals surface area contributed by atoms with Gasteiger partial charge in [0.25, 0.3) is 16.6 Å². The number of carbonyl (C=O) groups excluding carboxylic acids is 1. The number of rotatable bonds is 3. The van der Waals surface area contributed by atoms with Gasteiger partial charge in [-0.15, -0.1) is 11.3 Å². The second-order valence-electron chi connectivity index (χ2n) is 7.91. The molecule has 0 saturated carbocycles. The minimum Gasteiger partial charge on any atom is -1.00 e. The Kier molecular flexibility index (Phi) is 7.56. The van der Waals surface area contributed by atoms with E-state index in [-0.39, 0.29) is 29.7 Å². The molecule has 36 heavy (non-hydrogen) atoms. The van der Waals surface area contributed by atoms with Crippen molar-refractivity contribution in [3.05, 3.63) is 68.0 Å². The standard InChI is InChI=1S/C24H23FN5O2S3.ClH/c1-5-29-20(31)18(16-9-7-8-12-27(16)3)34-22(29)19-21(32)30(6-2)24(35-19)26-23-28(4)15-11-10-14(25)13-17(15)33-23;/h7-13H,5-6H2,1-4H3;1H/q+1;/p-1/b18-16-,22-19-;. The highest BCUT2D eigenvalue weighted by atomic mass is 35.5. The highest BCUT2D eigenvalue weighted by molar-refractivity contribution is 8.23. The van der Waals surface area contributed by atoms with Crippen molar-refractivity contribution in [1.82, 2.24) is 14.4 Å². The number of amides is 1. The first kappa shape index (κ1) is 26.3. The molecule has 12 heteroatoms. The summed E-state index contributed by atoms with van der Waals surface area (Å²) >= 11 is 3.98. The SMILES string of the molecule is CCN1C(=O)/C(=c2/s/c(=C3/C=CC=CN3C)c(=O)n2CC)S/C1=N\c1sc2cc(F)ccc2[n+]1C.[Cl-]. The van der Waals surface area contributed by atoms with Gasteiger partial charge in [0.15, 0.2) is 0 Å². The number of carbonyl (C=O) groups is 1. The quantitative estimate of drug-likeness (QED) is 0.408. The third kappa shape index (κ3) is 4.34. The molecule has 0 radical (unpaired) electrons. The van der Waals surface area contributed by atoms with Gasteiger partial charge in [-0.1, -0.05) is 6.08 Å². The molecule has 1 aromatic carbocycles. The molecule has 0 aliphatic carbocycles. The number of aromatic nitrogens is 2. The minimum absolute atomic E-state index is 0. The molecule has 0 bridgehead atoms. The van der Waals surface area contributed by atoms with Gasteiger partial charge in [0, 0.05) is 26.3 Å². The van der Waals surface area contributed by atoms with E-state index in [1.165, 1.54) is 46.6 Å². The van der Waals surface area contributed by atoms with Crippen LogP contribution < -0.4 is 31.7 Å². The summed E-state index contributed by atoms with van der Waals surface area (Å²) in [5.74, 6) is -0.467. The van der Waals surface area contributed by atoms with E-state index in [9.17, 15) is 14.0 Å². The van der Waals surface area contributed by atoms with Crippen molar-refractivity contribution < 1.29 is 26.2 Å². The van der Waals surface area contributed by atoms with Gasteiger partial charge < -0.3 is 17.3 Å². The van der Waals surface area contributed by atoms with Crippen molar-refractivity contribution in [3.63, 3.8) is 0 Å². The van der Waals surface area contributed by atoms with Gasteiger partial charge in [-0.25, -0.2) is 8.96 Å². The molecule has 0 spiro atoms. The Morgan fingerprint density at radius 3 is 2.58 bits per heavy atom. The molecule has 1 fully saturated rings. The van der Waals surface area contributed by atoms with Crippen LogP contribution in [0.25, 0.3) is 20.8 Å². The average Bonchev–Trinajstić information content (AvgIpc) is 3.44. The Labute approximate surface area is 225 Å². The summed E-state index contributed by atoms with van der Waals surface area (Å²) < 4.78 is 19.3. The van der Waals surface area contributed by atoms with Crippen LogP contribution in [0.3, 0.4) is 0 Å². The van der Waals surface area contributed by atoms with E-state index in [2.05, 4.69) is 0 Å². The van der Waals surface area contributed by atoms with Crippen LogP contribution in [0, 0.1) is 5.82 Å². The predicted molar refractivity (Wildman–Crippen MR) is 141 cm³/mol. The number of thiazole rings is 2. The summed E-state index contributed by atoms with van der Waals surface area (Å²) in [4.78, 5) is 35.6. The number of aryl methyl sites for hydroxylation is 1. The molecule has 0 N–H and O–H groups in total. The van der Waals surface area contributed by atoms with Crippen LogP contribution in [0.4, 0.5) is 9.52 Å². The number of benzene rings is 1. The highest BCUT2D eigenvalue weighted by Crippen LogP contribution is 2.34. The van der Waals surface area contributed by atoms with Crippen molar-refractivity contribution in [2.75, 3.05) is 13.6 Å². The Morgan fingerprint density at radius 1 is 1.11 bits per heavy atom. The smallest absolute Gasteiger partial charge is 0.385 e. The number of hydrogen-bond donors (Lipinski definition) is 0. The van der Waals surface area contributed by atoms with E-state index in [0.29, 0.717) is 37.5 Å². The number of nitrogens with zero attached hydrogens (tertiary/aromatic N) is 5. The molecule has 188 valence electrons. The Hall–Kier alpha value is -2.73. The van der Waals surface area contributed by atoms with Crippen molar-refractivity contribution in [2.45, 2.75) is 20.4 Å². The van der Waals surface area contributed by atoms with Crippen molar-refractivity contribution in [1.29, 1.82) is 0 Å². The van der Waals surface area contributed by atoms with Gasteiger partial charge in [0.2, 0.25) is 0 Å². The van der Waals surface area contributed by atoms with Gasteiger partial charge >= 0.3 is 5.13 Å². The van der Waals surface area contributed by atoms with Gasteiger partial charge in [-0.3, -0.25) is 19.1 Å². The van der Waals surface area contributed by atoms with E-state index < -0.39 is 0 Å². The monoisotopic (exact) mass is 563 g/mol. The van der Waals surface area contributed by atoms with Gasteiger partial charge in [-0.2, -0.15) is 0 Å². The first-order valence-electron chi connectivity index (χ1n) is 11.1. The molecule has 0 atom stereocenters. The zero-order chi connectivity index (χ0) is 24.9. The number of thioether (sulfide) groups is 1. The summed E-state index contributed by atoms with van der Waals surface area (Å²) in [6, 6.07) is 4.64. The zero-order valence-corrected chi connectivity index (χ0v) is 23.2. The van der Waals surface area contributed by atoms with Crippen LogP contribution >= 0.6 is 34.4 Å². The van der Waals surface area contributed by atoms with Gasteiger partial charge in [-0.05, 0) is 72.3 Å². The maximum absolute atomic E-state index is 13.7. The molecule has 7 nitrogen and oxygen atoms in total. The normalized spacial score (nSPS) is 19.7. The molecular weight excluding hydrogens is 541 g/mol. The largest absolute Gasteiger partial charge is 1.00 e. The fraction of sp³-hybridized carbons (Fsp3) is 0.250. The van der Waals surface area contributed by atoms with Crippen LogP contribution in [0.1, 0.15) is 13.8 Å². The second kappa shape index (κ2) is 10.3. The molecule has 4 heterocycles. The van der Waals surface area contributed by atoms with E-state index in [4.69, 9.17) is 4.99 Å². The molecule has 3 aromatic rings. The third-order valence-corrected chi connectivity index (χ3v) is 9.32. The number of aliphatic imine (C=N–C) groups is 1. The fourth-order valence-corrected chi connectivity index (χ4v) is 7.57. The van der Waals surface area contributed by atoms with Crippen LogP contribution in [-0.4, -0.2) is 39.0 Å². The number of fused-ring (bicyclic) bond motifs is 1. The van der Waals surface area contributed by atoms with Crippen molar-refractivity contribution in [3.8, 4) is 0 Å². The molecule has 5 rings (SSSR count). The number of hydrogen-bond acceptors (Lipinski definition) is 7. The molecule has 1 amide bonds. The van der Waals surface area contributed by atoms with E-state index >= 15 is 0 Å². The molecule has 2 aliphatic rings. The first-order valence-corrected chi connectivity index (χ1v) is 13.5. The zero-order valence-electron chi connectivity index (χ0n) is 20.0.